The van der Waals surface area contributed by atoms with Gasteiger partial charge >= 0.3 is 6.18 Å². The van der Waals surface area contributed by atoms with Crippen molar-refractivity contribution >= 4 is 22.9 Å². The Kier molecular flexibility index (Phi) is 7.87. The van der Waals surface area contributed by atoms with Crippen LogP contribution in [-0.2, 0) is 11.0 Å². The van der Waals surface area contributed by atoms with Crippen molar-refractivity contribution in [2.24, 2.45) is 17.6 Å². The first-order valence-electron chi connectivity index (χ1n) is 12.6. The van der Waals surface area contributed by atoms with Crippen molar-refractivity contribution in [2.45, 2.75) is 58.3 Å². The summed E-state index contributed by atoms with van der Waals surface area (Å²) < 4.78 is 39.8. The Labute approximate surface area is 218 Å². The van der Waals surface area contributed by atoms with E-state index in [1.54, 1.807) is 0 Å². The SMILES string of the molecule is CC(C)C(N)CC(=O)N1CCC([C@@H](C)Nc2ncc(C#N)c(-c3c[nH]c4ncc(C(F)(F)F)cc34)n2)CC1. The number of anilines is 1. The van der Waals surface area contributed by atoms with Gasteiger partial charge in [0.1, 0.15) is 11.7 Å². The van der Waals surface area contributed by atoms with Gasteiger partial charge < -0.3 is 20.9 Å². The molecule has 1 amide bonds. The second-order valence-corrected chi connectivity index (χ2v) is 10.2. The third-order valence-electron chi connectivity index (χ3n) is 7.25. The molecule has 0 aliphatic carbocycles. The van der Waals surface area contributed by atoms with E-state index >= 15 is 0 Å². The van der Waals surface area contributed by atoms with Crippen molar-refractivity contribution in [3.63, 3.8) is 0 Å². The normalized spacial score (nSPS) is 16.4. The van der Waals surface area contributed by atoms with E-state index < -0.39 is 11.7 Å². The largest absolute Gasteiger partial charge is 0.417 e. The Bertz CT molecular complexity index is 1340. The van der Waals surface area contributed by atoms with Gasteiger partial charge in [-0.25, -0.2) is 15.0 Å². The molecule has 38 heavy (non-hydrogen) atoms. The maximum Gasteiger partial charge on any atom is 0.417 e. The van der Waals surface area contributed by atoms with Crippen LogP contribution in [0.5, 0.6) is 0 Å². The topological polar surface area (TPSA) is 137 Å². The minimum Gasteiger partial charge on any atom is -0.351 e. The van der Waals surface area contributed by atoms with Crippen LogP contribution in [0.1, 0.15) is 51.2 Å². The lowest BCUT2D eigenvalue weighted by Gasteiger charge is -2.35. The number of carbonyl (C=O) groups is 1. The van der Waals surface area contributed by atoms with E-state index in [-0.39, 0.29) is 58.1 Å². The highest BCUT2D eigenvalue weighted by Crippen LogP contribution is 2.35. The molecule has 0 spiro atoms. The van der Waals surface area contributed by atoms with Gasteiger partial charge in [0, 0.05) is 54.9 Å². The summed E-state index contributed by atoms with van der Waals surface area (Å²) in [6.45, 7) is 7.30. The number of fused-ring (bicyclic) bond motifs is 1. The van der Waals surface area contributed by atoms with Crippen LogP contribution in [-0.4, -0.2) is 55.9 Å². The lowest BCUT2D eigenvalue weighted by atomic mass is 9.90. The maximum absolute atomic E-state index is 13.3. The summed E-state index contributed by atoms with van der Waals surface area (Å²) in [5, 5.41) is 13.1. The molecular formula is C26H31F3N8O. The Hall–Kier alpha value is -3.72. The number of pyridine rings is 1. The summed E-state index contributed by atoms with van der Waals surface area (Å²) in [6.07, 6.45) is 0.999. The molecule has 1 aliphatic rings. The smallest absolute Gasteiger partial charge is 0.351 e. The number of piperidine rings is 1. The highest BCUT2D eigenvalue weighted by Gasteiger charge is 2.32. The van der Waals surface area contributed by atoms with Gasteiger partial charge in [-0.1, -0.05) is 13.8 Å². The molecule has 1 fully saturated rings. The number of aromatic amines is 1. The molecule has 4 rings (SSSR count). The second-order valence-electron chi connectivity index (χ2n) is 10.2. The number of nitrogens with two attached hydrogens (primary N) is 1. The van der Waals surface area contributed by atoms with E-state index in [2.05, 4.69) is 25.3 Å². The first-order chi connectivity index (χ1) is 18.0. The van der Waals surface area contributed by atoms with Crippen molar-refractivity contribution < 1.29 is 18.0 Å². The molecule has 202 valence electrons. The van der Waals surface area contributed by atoms with Crippen LogP contribution in [0.2, 0.25) is 0 Å². The third-order valence-corrected chi connectivity index (χ3v) is 7.25. The van der Waals surface area contributed by atoms with Gasteiger partial charge in [-0.3, -0.25) is 4.79 Å². The Morgan fingerprint density at radius 3 is 2.61 bits per heavy atom. The van der Waals surface area contributed by atoms with Crippen LogP contribution in [0.3, 0.4) is 0 Å². The van der Waals surface area contributed by atoms with Gasteiger partial charge in [0.25, 0.3) is 0 Å². The lowest BCUT2D eigenvalue weighted by Crippen LogP contribution is -2.44. The number of likely N-dealkylation sites (tertiary alicyclic amines) is 1. The van der Waals surface area contributed by atoms with Crippen LogP contribution in [0.25, 0.3) is 22.3 Å². The number of nitrogens with zero attached hydrogens (tertiary/aromatic N) is 5. The van der Waals surface area contributed by atoms with Gasteiger partial charge in [-0.2, -0.15) is 18.4 Å². The zero-order chi connectivity index (χ0) is 27.6. The number of aromatic nitrogens is 4. The molecular weight excluding hydrogens is 497 g/mol. The Morgan fingerprint density at radius 2 is 1.97 bits per heavy atom. The molecule has 3 aromatic rings. The molecule has 0 bridgehead atoms. The number of rotatable bonds is 7. The van der Waals surface area contributed by atoms with Crippen molar-refractivity contribution in [3.8, 4) is 17.3 Å². The molecule has 0 aromatic carbocycles. The molecule has 1 saturated heterocycles. The highest BCUT2D eigenvalue weighted by atomic mass is 19.4. The van der Waals surface area contributed by atoms with Gasteiger partial charge in [0.05, 0.1) is 23.0 Å². The third kappa shape index (κ3) is 5.88. The fraction of sp³-hybridized carbons (Fsp3) is 0.500. The van der Waals surface area contributed by atoms with Gasteiger partial charge in [0.2, 0.25) is 11.9 Å². The van der Waals surface area contributed by atoms with Crippen molar-refractivity contribution in [1.82, 2.24) is 24.8 Å². The summed E-state index contributed by atoms with van der Waals surface area (Å²) in [7, 11) is 0. The van der Waals surface area contributed by atoms with E-state index in [1.165, 1.54) is 12.4 Å². The summed E-state index contributed by atoms with van der Waals surface area (Å²) in [6, 6.07) is 2.82. The maximum atomic E-state index is 13.3. The number of halogens is 3. The number of nitriles is 1. The van der Waals surface area contributed by atoms with E-state index in [1.807, 2.05) is 31.7 Å². The summed E-state index contributed by atoms with van der Waals surface area (Å²) >= 11 is 0. The van der Waals surface area contributed by atoms with Crippen LogP contribution >= 0.6 is 0 Å². The Balaban J connectivity index is 1.48. The minimum atomic E-state index is -4.55. The standard InChI is InChI=1S/C26H31F3N8O/c1-14(2)21(31)9-22(38)37-6-4-16(5-7-37)15(3)35-25-34-11-17(10-30)23(36-25)20-13-33-24-19(20)8-18(12-32-24)26(27,28)29/h8,11-16,21H,4-7,9,31H2,1-3H3,(H,32,33)(H,34,35,36)/t15-,21?/m1/s1. The first kappa shape index (κ1) is 27.3. The predicted molar refractivity (Wildman–Crippen MR) is 137 cm³/mol. The fourth-order valence-corrected chi connectivity index (χ4v) is 4.63. The van der Waals surface area contributed by atoms with Crippen LogP contribution in [0, 0.1) is 23.2 Å². The number of nitrogens with one attached hydrogen (secondary N) is 2. The molecule has 2 atom stereocenters. The molecule has 0 radical (unpaired) electrons. The molecule has 4 heterocycles. The van der Waals surface area contributed by atoms with Gasteiger partial charge in [-0.15, -0.1) is 0 Å². The number of hydrogen-bond acceptors (Lipinski definition) is 7. The molecule has 1 unspecified atom stereocenters. The monoisotopic (exact) mass is 528 g/mol. The number of alkyl halides is 3. The number of hydrogen-bond donors (Lipinski definition) is 3. The van der Waals surface area contributed by atoms with Gasteiger partial charge in [0.15, 0.2) is 0 Å². The highest BCUT2D eigenvalue weighted by molar-refractivity contribution is 5.94. The quantitative estimate of drug-likeness (QED) is 0.415. The first-order valence-corrected chi connectivity index (χ1v) is 12.6. The summed E-state index contributed by atoms with van der Waals surface area (Å²) in [5.41, 5.74) is 6.11. The van der Waals surface area contributed by atoms with Crippen molar-refractivity contribution in [1.29, 1.82) is 5.26 Å². The second kappa shape index (κ2) is 10.9. The van der Waals surface area contributed by atoms with E-state index in [0.717, 1.165) is 25.1 Å². The zero-order valence-electron chi connectivity index (χ0n) is 21.5. The number of carbonyl (C=O) groups excluding carboxylic acids is 1. The van der Waals surface area contributed by atoms with E-state index in [0.29, 0.717) is 25.1 Å². The zero-order valence-corrected chi connectivity index (χ0v) is 21.5. The molecule has 1 aliphatic heterocycles. The van der Waals surface area contributed by atoms with Crippen LogP contribution in [0.15, 0.2) is 24.7 Å². The van der Waals surface area contributed by atoms with Crippen LogP contribution in [0.4, 0.5) is 19.1 Å². The number of amides is 1. The molecule has 9 nitrogen and oxygen atoms in total. The average molecular weight is 529 g/mol. The number of H-pyrrole nitrogens is 1. The van der Waals surface area contributed by atoms with Crippen molar-refractivity contribution in [2.75, 3.05) is 18.4 Å². The molecule has 4 N–H and O–H groups in total. The van der Waals surface area contributed by atoms with Crippen molar-refractivity contribution in [3.05, 3.63) is 35.8 Å². The molecule has 3 aromatic heterocycles. The molecule has 12 heteroatoms. The minimum absolute atomic E-state index is 0.0348. The van der Waals surface area contributed by atoms with E-state index in [9.17, 15) is 23.2 Å². The summed E-state index contributed by atoms with van der Waals surface area (Å²) in [5.74, 6) is 0.840. The summed E-state index contributed by atoms with van der Waals surface area (Å²) in [4.78, 5) is 29.9. The van der Waals surface area contributed by atoms with Crippen LogP contribution < -0.4 is 11.1 Å². The molecule has 0 saturated carbocycles. The lowest BCUT2D eigenvalue weighted by molar-refractivity contribution is -0.137. The fourth-order valence-electron chi connectivity index (χ4n) is 4.63. The predicted octanol–water partition coefficient (Wildman–Crippen LogP) is 4.32. The Morgan fingerprint density at radius 1 is 1.26 bits per heavy atom. The average Bonchev–Trinajstić information content (AvgIpc) is 3.31. The van der Waals surface area contributed by atoms with E-state index in [4.69, 9.17) is 5.73 Å². The van der Waals surface area contributed by atoms with Gasteiger partial charge in [-0.05, 0) is 37.7 Å².